The second-order valence-corrected chi connectivity index (χ2v) is 4.59. The van der Waals surface area contributed by atoms with Gasteiger partial charge >= 0.3 is 6.03 Å². The molecule has 0 bridgehead atoms. The van der Waals surface area contributed by atoms with Crippen LogP contribution in [0, 0.1) is 0 Å². The van der Waals surface area contributed by atoms with Gasteiger partial charge in [0.25, 0.3) is 0 Å². The number of anilines is 2. The van der Waals surface area contributed by atoms with Gasteiger partial charge in [-0.05, 0) is 17.7 Å². The van der Waals surface area contributed by atoms with E-state index in [4.69, 9.17) is 23.1 Å². The number of aromatic amines is 1. The lowest BCUT2D eigenvalue weighted by Crippen LogP contribution is -2.36. The topological polar surface area (TPSA) is 122 Å². The molecular weight excluding hydrogens is 280 g/mol. The summed E-state index contributed by atoms with van der Waals surface area (Å²) in [4.78, 5) is 11.8. The van der Waals surface area contributed by atoms with Crippen LogP contribution in [-0.4, -0.2) is 22.8 Å². The number of carbonyl (C=O) groups is 1. The van der Waals surface area contributed by atoms with Crippen molar-refractivity contribution in [2.45, 2.75) is 6.04 Å². The third-order valence-corrected chi connectivity index (χ3v) is 2.87. The summed E-state index contributed by atoms with van der Waals surface area (Å²) in [7, 11) is 0. The number of H-pyrrole nitrogens is 1. The zero-order valence-corrected chi connectivity index (χ0v) is 11.3. The number of aromatic nitrogens is 2. The van der Waals surface area contributed by atoms with Gasteiger partial charge in [0.1, 0.15) is 5.82 Å². The summed E-state index contributed by atoms with van der Waals surface area (Å²) in [5, 5.41) is 12.2. The highest BCUT2D eigenvalue weighted by molar-refractivity contribution is 6.30. The van der Waals surface area contributed by atoms with E-state index in [1.165, 1.54) is 6.07 Å². The predicted octanol–water partition coefficient (Wildman–Crippen LogP) is 1.47. The molecule has 1 aromatic carbocycles. The summed E-state index contributed by atoms with van der Waals surface area (Å²) >= 11 is 5.92. The van der Waals surface area contributed by atoms with Crippen LogP contribution in [0.1, 0.15) is 11.6 Å². The number of carbonyl (C=O) groups excluding carboxylic acids is 1. The summed E-state index contributed by atoms with van der Waals surface area (Å²) < 4.78 is 0. The van der Waals surface area contributed by atoms with E-state index in [-0.39, 0.29) is 12.6 Å². The van der Waals surface area contributed by atoms with Crippen LogP contribution in [0.5, 0.6) is 0 Å². The Morgan fingerprint density at radius 2 is 2.25 bits per heavy atom. The Labute approximate surface area is 120 Å². The summed E-state index contributed by atoms with van der Waals surface area (Å²) in [6.45, 7) is 0.246. The molecule has 0 radical (unpaired) electrons. The van der Waals surface area contributed by atoms with Gasteiger partial charge in [0.15, 0.2) is 5.82 Å². The zero-order valence-electron chi connectivity index (χ0n) is 10.6. The van der Waals surface area contributed by atoms with Gasteiger partial charge in [0, 0.05) is 17.6 Å². The molecule has 0 aliphatic heterocycles. The standard InChI is InChI=1S/C12H15ClN6O/c13-8-3-1-2-7(4-8)9(6-14)16-12(20)17-11-5-10(15)18-19-11/h1-5,9H,6,14H2,(H5,15,16,17,18,19,20). The largest absolute Gasteiger partial charge is 0.384 e. The van der Waals surface area contributed by atoms with Crippen molar-refractivity contribution in [2.24, 2.45) is 5.73 Å². The fourth-order valence-corrected chi connectivity index (χ4v) is 1.91. The van der Waals surface area contributed by atoms with Crippen LogP contribution in [0.15, 0.2) is 30.3 Å². The summed E-state index contributed by atoms with van der Waals surface area (Å²) in [5.41, 5.74) is 12.0. The molecule has 1 aromatic heterocycles. The lowest BCUT2D eigenvalue weighted by Gasteiger charge is -2.17. The predicted molar refractivity (Wildman–Crippen MR) is 78.4 cm³/mol. The highest BCUT2D eigenvalue weighted by atomic mass is 35.5. The van der Waals surface area contributed by atoms with Crippen LogP contribution < -0.4 is 22.1 Å². The number of amides is 2. The molecule has 0 saturated heterocycles. The van der Waals surface area contributed by atoms with E-state index in [1.54, 1.807) is 18.2 Å². The van der Waals surface area contributed by atoms with Crippen LogP contribution in [0.3, 0.4) is 0 Å². The number of hydrogen-bond donors (Lipinski definition) is 5. The normalized spacial score (nSPS) is 11.9. The smallest absolute Gasteiger partial charge is 0.320 e. The molecule has 20 heavy (non-hydrogen) atoms. The Morgan fingerprint density at radius 1 is 1.45 bits per heavy atom. The first-order chi connectivity index (χ1) is 9.58. The number of hydrogen-bond acceptors (Lipinski definition) is 4. The van der Waals surface area contributed by atoms with Crippen LogP contribution in [0.4, 0.5) is 16.4 Å². The minimum Gasteiger partial charge on any atom is -0.384 e. The molecule has 2 rings (SSSR count). The van der Waals surface area contributed by atoms with Crippen LogP contribution in [0.2, 0.25) is 5.02 Å². The first-order valence-corrected chi connectivity index (χ1v) is 6.30. The van der Waals surface area contributed by atoms with Gasteiger partial charge < -0.3 is 16.8 Å². The number of urea groups is 1. The molecule has 0 saturated carbocycles. The highest BCUT2D eigenvalue weighted by Crippen LogP contribution is 2.17. The van der Waals surface area contributed by atoms with Crippen molar-refractivity contribution < 1.29 is 4.79 Å². The van der Waals surface area contributed by atoms with Crippen molar-refractivity contribution in [1.29, 1.82) is 0 Å². The number of nitrogen functional groups attached to an aromatic ring is 1. The average molecular weight is 295 g/mol. The maximum absolute atomic E-state index is 11.8. The van der Waals surface area contributed by atoms with Crippen molar-refractivity contribution >= 4 is 29.3 Å². The number of nitrogens with one attached hydrogen (secondary N) is 3. The minimum atomic E-state index is -0.424. The van der Waals surface area contributed by atoms with E-state index < -0.39 is 6.03 Å². The Morgan fingerprint density at radius 3 is 2.85 bits per heavy atom. The Balaban J connectivity index is 2.01. The fourth-order valence-electron chi connectivity index (χ4n) is 1.71. The Hall–Kier alpha value is -2.25. The van der Waals surface area contributed by atoms with Crippen LogP contribution >= 0.6 is 11.6 Å². The second kappa shape index (κ2) is 6.27. The fraction of sp³-hybridized carbons (Fsp3) is 0.167. The summed E-state index contributed by atoms with van der Waals surface area (Å²) in [6, 6.07) is 7.90. The Kier molecular flexibility index (Phi) is 4.44. The number of benzene rings is 1. The van der Waals surface area contributed by atoms with Crippen molar-refractivity contribution in [3.05, 3.63) is 40.9 Å². The van der Waals surface area contributed by atoms with Crippen molar-refractivity contribution in [3.63, 3.8) is 0 Å². The van der Waals surface area contributed by atoms with Gasteiger partial charge in [-0.1, -0.05) is 23.7 Å². The molecule has 1 atom stereocenters. The molecule has 8 heteroatoms. The molecule has 0 aliphatic rings. The second-order valence-electron chi connectivity index (χ2n) is 4.15. The number of halogens is 1. The monoisotopic (exact) mass is 294 g/mol. The minimum absolute atomic E-state index is 0.246. The highest BCUT2D eigenvalue weighted by Gasteiger charge is 2.14. The van der Waals surface area contributed by atoms with Gasteiger partial charge in [-0.2, -0.15) is 5.10 Å². The van der Waals surface area contributed by atoms with E-state index in [1.807, 2.05) is 6.07 Å². The van der Waals surface area contributed by atoms with E-state index in [0.717, 1.165) is 5.56 Å². The molecular formula is C12H15ClN6O. The summed E-state index contributed by atoms with van der Waals surface area (Å²) in [5.74, 6) is 0.701. The summed E-state index contributed by atoms with van der Waals surface area (Å²) in [6.07, 6.45) is 0. The third-order valence-electron chi connectivity index (χ3n) is 2.63. The molecule has 1 heterocycles. The van der Waals surface area contributed by atoms with Gasteiger partial charge in [0.2, 0.25) is 0 Å². The molecule has 7 N–H and O–H groups in total. The van der Waals surface area contributed by atoms with Gasteiger partial charge in [-0.15, -0.1) is 0 Å². The molecule has 0 fully saturated rings. The molecule has 1 unspecified atom stereocenters. The average Bonchev–Trinajstić information content (AvgIpc) is 2.81. The first-order valence-electron chi connectivity index (χ1n) is 5.92. The quantitative estimate of drug-likeness (QED) is 0.586. The number of nitrogens with zero attached hydrogens (tertiary/aromatic N) is 1. The molecule has 2 aromatic rings. The lowest BCUT2D eigenvalue weighted by atomic mass is 10.1. The van der Waals surface area contributed by atoms with Crippen molar-refractivity contribution in [2.75, 3.05) is 17.6 Å². The molecule has 106 valence electrons. The maximum atomic E-state index is 11.8. The molecule has 0 aliphatic carbocycles. The van der Waals surface area contributed by atoms with Crippen molar-refractivity contribution in [1.82, 2.24) is 15.5 Å². The van der Waals surface area contributed by atoms with E-state index >= 15 is 0 Å². The van der Waals surface area contributed by atoms with Gasteiger partial charge in [-0.3, -0.25) is 10.4 Å². The maximum Gasteiger partial charge on any atom is 0.320 e. The van der Waals surface area contributed by atoms with Crippen molar-refractivity contribution in [3.8, 4) is 0 Å². The van der Waals surface area contributed by atoms with Gasteiger partial charge in [0.05, 0.1) is 6.04 Å². The first kappa shape index (κ1) is 14.2. The number of nitrogens with two attached hydrogens (primary N) is 2. The van der Waals surface area contributed by atoms with Gasteiger partial charge in [-0.25, -0.2) is 4.79 Å². The van der Waals surface area contributed by atoms with E-state index in [2.05, 4.69) is 20.8 Å². The molecule has 0 spiro atoms. The van der Waals surface area contributed by atoms with E-state index in [0.29, 0.717) is 16.7 Å². The molecule has 7 nitrogen and oxygen atoms in total. The van der Waals surface area contributed by atoms with Crippen LogP contribution in [0.25, 0.3) is 0 Å². The lowest BCUT2D eigenvalue weighted by molar-refractivity contribution is 0.248. The van der Waals surface area contributed by atoms with Crippen LogP contribution in [-0.2, 0) is 0 Å². The Bertz CT molecular complexity index is 599. The number of rotatable bonds is 4. The third kappa shape index (κ3) is 3.62. The molecule has 2 amide bonds. The SMILES string of the molecule is NCC(NC(=O)Nc1cc(N)[nH]n1)c1cccc(Cl)c1. The van der Waals surface area contributed by atoms with E-state index in [9.17, 15) is 4.79 Å². The zero-order chi connectivity index (χ0) is 14.5.